The van der Waals surface area contributed by atoms with Gasteiger partial charge in [0.2, 0.25) is 5.91 Å². The normalized spacial score (nSPS) is 11.7. The molecular weight excluding hydrogens is 336 g/mol. The summed E-state index contributed by atoms with van der Waals surface area (Å²) in [6.45, 7) is 5.95. The van der Waals surface area contributed by atoms with Crippen LogP contribution in [-0.2, 0) is 11.2 Å². The van der Waals surface area contributed by atoms with Gasteiger partial charge in [-0.25, -0.2) is 8.78 Å². The number of ether oxygens (including phenoxy) is 1. The minimum Gasteiger partial charge on any atom is -0.497 e. The number of amides is 1. The van der Waals surface area contributed by atoms with Gasteiger partial charge in [0.05, 0.1) is 7.11 Å². The third kappa shape index (κ3) is 5.15. The molecule has 0 aliphatic carbocycles. The fourth-order valence-electron chi connectivity index (χ4n) is 2.78. The summed E-state index contributed by atoms with van der Waals surface area (Å²) in [5.74, 6) is -1.12. The molecule has 0 saturated heterocycles. The van der Waals surface area contributed by atoms with Gasteiger partial charge < -0.3 is 9.64 Å². The van der Waals surface area contributed by atoms with Crippen molar-refractivity contribution in [3.05, 3.63) is 72.3 Å². The lowest BCUT2D eigenvalue weighted by Gasteiger charge is -2.26. The molecule has 0 bridgehead atoms. The average molecular weight is 359 g/mol. The maximum absolute atomic E-state index is 13.4. The molecule has 0 radical (unpaired) electrons. The van der Waals surface area contributed by atoms with Crippen molar-refractivity contribution in [2.24, 2.45) is 5.92 Å². The molecule has 0 spiro atoms. The predicted molar refractivity (Wildman–Crippen MR) is 99.4 cm³/mol. The van der Waals surface area contributed by atoms with E-state index in [1.54, 1.807) is 37.1 Å². The molecule has 2 aromatic carbocycles. The summed E-state index contributed by atoms with van der Waals surface area (Å²) in [6.07, 6.45) is 2.64. The zero-order valence-electron chi connectivity index (χ0n) is 15.0. The van der Waals surface area contributed by atoms with Crippen molar-refractivity contribution in [1.82, 2.24) is 0 Å². The number of halogens is 2. The molecule has 26 heavy (non-hydrogen) atoms. The number of nitrogens with zero attached hydrogens (tertiary/aromatic N) is 1. The smallest absolute Gasteiger partial charge is 0.230 e. The zero-order valence-corrected chi connectivity index (χ0v) is 15.0. The Labute approximate surface area is 152 Å². The number of hydrogen-bond acceptors (Lipinski definition) is 2. The number of hydrogen-bond donors (Lipinski definition) is 0. The molecule has 138 valence electrons. The lowest BCUT2D eigenvalue weighted by Crippen LogP contribution is -2.36. The number of benzene rings is 2. The fourth-order valence-corrected chi connectivity index (χ4v) is 2.78. The minimum absolute atomic E-state index is 0.110. The number of methoxy groups -OCH3 is 1. The molecule has 0 aliphatic rings. The van der Waals surface area contributed by atoms with Crippen LogP contribution in [0.2, 0.25) is 0 Å². The lowest BCUT2D eigenvalue weighted by atomic mass is 9.99. The standard InChI is InChI=1S/C21H23F2NO2/c1-4-5-10-24(19-6-8-20(26-3)9-7-19)21(25)15(2)11-16-12-17(22)14-18(23)13-16/h4,6-9,12-15H,1,5,10-11H2,2-3H3/t15-/m0/s1. The van der Waals surface area contributed by atoms with E-state index >= 15 is 0 Å². The van der Waals surface area contributed by atoms with Crippen LogP contribution in [0, 0.1) is 17.6 Å². The highest BCUT2D eigenvalue weighted by atomic mass is 19.1. The Morgan fingerprint density at radius 3 is 2.35 bits per heavy atom. The van der Waals surface area contributed by atoms with Crippen LogP contribution in [0.15, 0.2) is 55.1 Å². The van der Waals surface area contributed by atoms with E-state index in [0.717, 1.165) is 11.8 Å². The SMILES string of the molecule is C=CCCN(C(=O)[C@@H](C)Cc1cc(F)cc(F)c1)c1ccc(OC)cc1. The summed E-state index contributed by atoms with van der Waals surface area (Å²) < 4.78 is 31.9. The van der Waals surface area contributed by atoms with Gasteiger partial charge in [-0.05, 0) is 54.8 Å². The van der Waals surface area contributed by atoms with E-state index in [1.807, 2.05) is 12.1 Å². The van der Waals surface area contributed by atoms with Gasteiger partial charge in [-0.3, -0.25) is 4.79 Å². The molecular formula is C21H23F2NO2. The quantitative estimate of drug-likeness (QED) is 0.636. The molecule has 0 saturated carbocycles. The van der Waals surface area contributed by atoms with E-state index in [4.69, 9.17) is 4.74 Å². The van der Waals surface area contributed by atoms with Gasteiger partial charge in [0.15, 0.2) is 0 Å². The van der Waals surface area contributed by atoms with E-state index in [2.05, 4.69) is 6.58 Å². The van der Waals surface area contributed by atoms with Crippen molar-refractivity contribution in [1.29, 1.82) is 0 Å². The third-order valence-electron chi connectivity index (χ3n) is 4.09. The molecule has 1 atom stereocenters. The van der Waals surface area contributed by atoms with E-state index < -0.39 is 17.6 Å². The molecule has 0 aliphatic heterocycles. The summed E-state index contributed by atoms with van der Waals surface area (Å²) >= 11 is 0. The van der Waals surface area contributed by atoms with Crippen molar-refractivity contribution in [2.75, 3.05) is 18.6 Å². The second-order valence-electron chi connectivity index (χ2n) is 6.15. The Morgan fingerprint density at radius 2 is 1.81 bits per heavy atom. The summed E-state index contributed by atoms with van der Waals surface area (Å²) in [7, 11) is 1.58. The summed E-state index contributed by atoms with van der Waals surface area (Å²) in [4.78, 5) is 14.6. The van der Waals surface area contributed by atoms with E-state index in [1.165, 1.54) is 12.1 Å². The number of anilines is 1. The number of rotatable bonds is 8. The highest BCUT2D eigenvalue weighted by Gasteiger charge is 2.22. The first-order valence-corrected chi connectivity index (χ1v) is 8.46. The van der Waals surface area contributed by atoms with Crippen molar-refractivity contribution in [3.8, 4) is 5.75 Å². The zero-order chi connectivity index (χ0) is 19.1. The van der Waals surface area contributed by atoms with Crippen LogP contribution >= 0.6 is 0 Å². The van der Waals surface area contributed by atoms with Gasteiger partial charge >= 0.3 is 0 Å². The first kappa shape index (κ1) is 19.6. The van der Waals surface area contributed by atoms with Gasteiger partial charge in [0.25, 0.3) is 0 Å². The van der Waals surface area contributed by atoms with Crippen LogP contribution in [0.5, 0.6) is 5.75 Å². The Morgan fingerprint density at radius 1 is 1.19 bits per heavy atom. The van der Waals surface area contributed by atoms with Gasteiger partial charge in [-0.1, -0.05) is 13.0 Å². The highest BCUT2D eigenvalue weighted by molar-refractivity contribution is 5.95. The largest absolute Gasteiger partial charge is 0.497 e. The Kier molecular flexibility index (Phi) is 6.89. The topological polar surface area (TPSA) is 29.5 Å². The van der Waals surface area contributed by atoms with Crippen LogP contribution in [0.4, 0.5) is 14.5 Å². The van der Waals surface area contributed by atoms with Gasteiger partial charge in [0.1, 0.15) is 17.4 Å². The Bertz CT molecular complexity index is 739. The molecule has 1 amide bonds. The lowest BCUT2D eigenvalue weighted by molar-refractivity contribution is -0.121. The van der Waals surface area contributed by atoms with Crippen LogP contribution in [0.3, 0.4) is 0 Å². The minimum atomic E-state index is -0.640. The van der Waals surface area contributed by atoms with Crippen molar-refractivity contribution >= 4 is 11.6 Å². The number of carbonyl (C=O) groups is 1. The molecule has 0 heterocycles. The molecule has 2 aromatic rings. The molecule has 0 unspecified atom stereocenters. The fraction of sp³-hybridized carbons (Fsp3) is 0.286. The molecule has 5 heteroatoms. The van der Waals surface area contributed by atoms with E-state index in [9.17, 15) is 13.6 Å². The van der Waals surface area contributed by atoms with E-state index in [-0.39, 0.29) is 12.3 Å². The van der Waals surface area contributed by atoms with Crippen LogP contribution < -0.4 is 9.64 Å². The molecule has 0 N–H and O–H groups in total. The molecule has 0 fully saturated rings. The summed E-state index contributed by atoms with van der Waals surface area (Å²) in [6, 6.07) is 10.5. The first-order chi connectivity index (χ1) is 12.4. The second-order valence-corrected chi connectivity index (χ2v) is 6.15. The number of carbonyl (C=O) groups excluding carboxylic acids is 1. The molecule has 2 rings (SSSR count). The summed E-state index contributed by atoms with van der Waals surface area (Å²) in [5, 5.41) is 0. The van der Waals surface area contributed by atoms with Crippen LogP contribution in [-0.4, -0.2) is 19.6 Å². The second kappa shape index (κ2) is 9.13. The monoisotopic (exact) mass is 359 g/mol. The van der Waals surface area contributed by atoms with Gasteiger partial charge in [-0.2, -0.15) is 0 Å². The van der Waals surface area contributed by atoms with Crippen molar-refractivity contribution in [2.45, 2.75) is 19.8 Å². The molecule has 3 nitrogen and oxygen atoms in total. The highest BCUT2D eigenvalue weighted by Crippen LogP contribution is 2.23. The third-order valence-corrected chi connectivity index (χ3v) is 4.09. The molecule has 0 aromatic heterocycles. The van der Waals surface area contributed by atoms with Crippen LogP contribution in [0.25, 0.3) is 0 Å². The Balaban J connectivity index is 2.19. The maximum Gasteiger partial charge on any atom is 0.230 e. The van der Waals surface area contributed by atoms with Crippen LogP contribution in [0.1, 0.15) is 18.9 Å². The van der Waals surface area contributed by atoms with Gasteiger partial charge in [-0.15, -0.1) is 6.58 Å². The van der Waals surface area contributed by atoms with E-state index in [0.29, 0.717) is 24.3 Å². The predicted octanol–water partition coefficient (Wildman–Crippen LogP) is 4.76. The summed E-state index contributed by atoms with van der Waals surface area (Å²) in [5.41, 5.74) is 1.21. The average Bonchev–Trinajstić information content (AvgIpc) is 2.61. The van der Waals surface area contributed by atoms with Gasteiger partial charge in [0, 0.05) is 24.2 Å². The van der Waals surface area contributed by atoms with Crippen molar-refractivity contribution in [3.63, 3.8) is 0 Å². The van der Waals surface area contributed by atoms with Crippen molar-refractivity contribution < 1.29 is 18.3 Å². The maximum atomic E-state index is 13.4. The Hall–Kier alpha value is -2.69. The first-order valence-electron chi connectivity index (χ1n) is 8.46.